The molecule has 1 saturated heterocycles. The number of halogens is 3. The van der Waals surface area contributed by atoms with Crippen LogP contribution in [0.5, 0.6) is 0 Å². The molecule has 0 aromatic heterocycles. The molecule has 1 fully saturated rings. The molecule has 23 heavy (non-hydrogen) atoms. The van der Waals surface area contributed by atoms with Crippen molar-refractivity contribution in [3.05, 3.63) is 35.4 Å². The van der Waals surface area contributed by atoms with Crippen molar-refractivity contribution in [2.75, 3.05) is 13.1 Å². The summed E-state index contributed by atoms with van der Waals surface area (Å²) in [4.78, 5) is 10.3. The smallest absolute Gasteiger partial charge is 0.393 e. The lowest BCUT2D eigenvalue weighted by molar-refractivity contribution is -0.127. The number of piperidine rings is 1. The summed E-state index contributed by atoms with van der Waals surface area (Å²) in [5.74, 6) is 0. The molecule has 0 amide bonds. The topological polar surface area (TPSA) is 81.0 Å². The normalized spacial score (nSPS) is 22.1. The first kappa shape index (κ1) is 19.4. The van der Waals surface area contributed by atoms with Gasteiger partial charge in [-0.25, -0.2) is 0 Å². The number of nitrogens with zero attached hydrogens (tertiary/aromatic N) is 1. The highest BCUT2D eigenvalue weighted by Gasteiger charge is 2.27. The fraction of sp³-hybridized carbons (Fsp3) is 0.533. The number of benzene rings is 1. The fourth-order valence-corrected chi connectivity index (χ4v) is 2.52. The summed E-state index contributed by atoms with van der Waals surface area (Å²) in [7, 11) is 0. The van der Waals surface area contributed by atoms with Crippen LogP contribution in [0.3, 0.4) is 0 Å². The predicted octanol–water partition coefficient (Wildman–Crippen LogP) is 1.42. The summed E-state index contributed by atoms with van der Waals surface area (Å²) < 4.78 is 36.7. The van der Waals surface area contributed by atoms with Gasteiger partial charge in [0.15, 0.2) is 0 Å². The third kappa shape index (κ3) is 7.96. The van der Waals surface area contributed by atoms with Crippen LogP contribution in [0, 0.1) is 0 Å². The molecule has 0 bridgehead atoms. The van der Waals surface area contributed by atoms with Gasteiger partial charge in [-0.3, -0.25) is 9.69 Å². The first-order chi connectivity index (χ1) is 10.7. The van der Waals surface area contributed by atoms with Gasteiger partial charge >= 0.3 is 6.18 Å². The van der Waals surface area contributed by atoms with Crippen molar-refractivity contribution in [2.24, 2.45) is 0 Å². The first-order valence-electron chi connectivity index (χ1n) is 7.04. The number of carbonyl (C=O) groups is 1. The Balaban J connectivity index is 0.000000816. The Bertz CT molecular complexity index is 469. The van der Waals surface area contributed by atoms with Gasteiger partial charge in [-0.15, -0.1) is 0 Å². The Kier molecular flexibility index (Phi) is 7.47. The zero-order valence-electron chi connectivity index (χ0n) is 12.4. The number of aliphatic hydroxyl groups excluding tert-OH is 2. The standard InChI is InChI=1S/C14H18F3NO2.CH2O2/c15-14(16,17)6-10-1-3-11(4-2-10)7-18-8-12(19)5-13(20)9-18;2-1-3/h1-4,12-13,19-20H,5-9H2;1H,(H,2,3)/t12-,13-;/m1./s1. The van der Waals surface area contributed by atoms with Crippen molar-refractivity contribution < 1.29 is 33.3 Å². The number of hydrogen-bond donors (Lipinski definition) is 3. The predicted molar refractivity (Wildman–Crippen MR) is 76.8 cm³/mol. The molecule has 130 valence electrons. The van der Waals surface area contributed by atoms with Crippen LogP contribution < -0.4 is 0 Å². The second kappa shape index (κ2) is 8.85. The van der Waals surface area contributed by atoms with Crippen molar-refractivity contribution in [2.45, 2.75) is 37.8 Å². The molecule has 1 aromatic carbocycles. The van der Waals surface area contributed by atoms with Crippen LogP contribution in [0.25, 0.3) is 0 Å². The number of hydrogen-bond acceptors (Lipinski definition) is 4. The lowest BCUT2D eigenvalue weighted by Crippen LogP contribution is -2.45. The summed E-state index contributed by atoms with van der Waals surface area (Å²) in [6.45, 7) is 1.21. The molecule has 1 aliphatic heterocycles. The lowest BCUT2D eigenvalue weighted by atomic mass is 10.0. The van der Waals surface area contributed by atoms with E-state index in [4.69, 9.17) is 9.90 Å². The van der Waals surface area contributed by atoms with Crippen LogP contribution in [0.4, 0.5) is 13.2 Å². The number of alkyl halides is 3. The zero-order chi connectivity index (χ0) is 17.5. The molecular formula is C15H20F3NO4. The van der Waals surface area contributed by atoms with Crippen LogP contribution in [0.15, 0.2) is 24.3 Å². The first-order valence-corrected chi connectivity index (χ1v) is 7.04. The summed E-state index contributed by atoms with van der Waals surface area (Å²) in [6.07, 6.45) is -5.84. The maximum atomic E-state index is 12.2. The van der Waals surface area contributed by atoms with Crippen molar-refractivity contribution in [3.63, 3.8) is 0 Å². The fourth-order valence-electron chi connectivity index (χ4n) is 2.52. The van der Waals surface area contributed by atoms with Gasteiger partial charge in [0.2, 0.25) is 0 Å². The Morgan fingerprint density at radius 3 is 1.96 bits per heavy atom. The van der Waals surface area contributed by atoms with E-state index >= 15 is 0 Å². The molecule has 8 heteroatoms. The maximum absolute atomic E-state index is 12.2. The molecule has 0 radical (unpaired) electrons. The lowest BCUT2D eigenvalue weighted by Gasteiger charge is -2.33. The van der Waals surface area contributed by atoms with Crippen LogP contribution in [-0.4, -0.2) is 58.2 Å². The van der Waals surface area contributed by atoms with Crippen molar-refractivity contribution >= 4 is 6.47 Å². The molecule has 1 aromatic rings. The van der Waals surface area contributed by atoms with Crippen LogP contribution >= 0.6 is 0 Å². The van der Waals surface area contributed by atoms with Crippen molar-refractivity contribution in [3.8, 4) is 0 Å². The van der Waals surface area contributed by atoms with Gasteiger partial charge in [-0.1, -0.05) is 24.3 Å². The Morgan fingerprint density at radius 2 is 1.52 bits per heavy atom. The molecule has 5 nitrogen and oxygen atoms in total. The molecule has 0 aliphatic carbocycles. The molecule has 1 heterocycles. The average molecular weight is 335 g/mol. The van der Waals surface area contributed by atoms with E-state index in [2.05, 4.69) is 0 Å². The number of carboxylic acid groups (broad SMARTS) is 1. The highest BCUT2D eigenvalue weighted by molar-refractivity contribution is 5.32. The van der Waals surface area contributed by atoms with E-state index in [0.29, 0.717) is 26.1 Å². The Labute approximate surface area is 132 Å². The van der Waals surface area contributed by atoms with E-state index in [1.807, 2.05) is 4.90 Å². The zero-order valence-corrected chi connectivity index (χ0v) is 12.4. The molecular weight excluding hydrogens is 315 g/mol. The summed E-state index contributed by atoms with van der Waals surface area (Å²) >= 11 is 0. The second-order valence-corrected chi connectivity index (χ2v) is 5.45. The van der Waals surface area contributed by atoms with Gasteiger partial charge in [0, 0.05) is 26.1 Å². The van der Waals surface area contributed by atoms with E-state index in [1.165, 1.54) is 12.1 Å². The third-order valence-electron chi connectivity index (χ3n) is 3.32. The second-order valence-electron chi connectivity index (χ2n) is 5.45. The van der Waals surface area contributed by atoms with Gasteiger partial charge < -0.3 is 15.3 Å². The Hall–Kier alpha value is -1.64. The molecule has 2 rings (SSSR count). The van der Waals surface area contributed by atoms with Gasteiger partial charge in [-0.05, 0) is 11.1 Å². The van der Waals surface area contributed by atoms with E-state index in [9.17, 15) is 23.4 Å². The van der Waals surface area contributed by atoms with Gasteiger partial charge in [0.25, 0.3) is 6.47 Å². The molecule has 0 spiro atoms. The number of rotatable bonds is 3. The molecule has 1 aliphatic rings. The minimum atomic E-state index is -4.19. The molecule has 0 unspecified atom stereocenters. The van der Waals surface area contributed by atoms with Gasteiger partial charge in [-0.2, -0.15) is 13.2 Å². The van der Waals surface area contributed by atoms with Crippen LogP contribution in [0.1, 0.15) is 17.5 Å². The SMILES string of the molecule is O=CO.O[C@@H]1C[C@@H](O)CN(Cc2ccc(CC(F)(F)F)cc2)C1. The largest absolute Gasteiger partial charge is 0.483 e. The van der Waals surface area contributed by atoms with Crippen LogP contribution in [0.2, 0.25) is 0 Å². The number of likely N-dealkylation sites (tertiary alicyclic amines) is 1. The third-order valence-corrected chi connectivity index (χ3v) is 3.32. The molecule has 3 N–H and O–H groups in total. The maximum Gasteiger partial charge on any atom is 0.393 e. The summed E-state index contributed by atoms with van der Waals surface area (Å²) in [5.41, 5.74) is 1.11. The Morgan fingerprint density at radius 1 is 1.09 bits per heavy atom. The molecule has 2 atom stereocenters. The van der Waals surface area contributed by atoms with Crippen LogP contribution in [-0.2, 0) is 17.8 Å². The van der Waals surface area contributed by atoms with Gasteiger partial charge in [0.05, 0.1) is 18.6 Å². The van der Waals surface area contributed by atoms with Gasteiger partial charge in [0.1, 0.15) is 0 Å². The minimum Gasteiger partial charge on any atom is -0.483 e. The minimum absolute atomic E-state index is 0.236. The highest BCUT2D eigenvalue weighted by atomic mass is 19.4. The van der Waals surface area contributed by atoms with Crippen molar-refractivity contribution in [1.29, 1.82) is 0 Å². The average Bonchev–Trinajstić information content (AvgIpc) is 2.39. The highest BCUT2D eigenvalue weighted by Crippen LogP contribution is 2.22. The number of β-amino-alcohol motifs (C(OH)–C–C–N with tert-alkyl or cyclic N) is 2. The quantitative estimate of drug-likeness (QED) is 0.728. The monoisotopic (exact) mass is 335 g/mol. The van der Waals surface area contributed by atoms with E-state index < -0.39 is 24.8 Å². The van der Waals surface area contributed by atoms with E-state index in [1.54, 1.807) is 12.1 Å². The number of aliphatic hydroxyl groups is 2. The summed E-state index contributed by atoms with van der Waals surface area (Å²) in [6, 6.07) is 6.27. The van der Waals surface area contributed by atoms with E-state index in [-0.39, 0.29) is 12.0 Å². The van der Waals surface area contributed by atoms with Crippen molar-refractivity contribution in [1.82, 2.24) is 4.90 Å². The van der Waals surface area contributed by atoms with E-state index in [0.717, 1.165) is 5.56 Å². The summed E-state index contributed by atoms with van der Waals surface area (Å²) in [5, 5.41) is 26.0. The molecule has 0 saturated carbocycles.